The molecule has 0 spiro atoms. The summed E-state index contributed by atoms with van der Waals surface area (Å²) in [5, 5.41) is 12.4. The number of carboxylic acids is 1. The molecular formula is C16H28N2O3. The number of amides is 1. The van der Waals surface area contributed by atoms with Gasteiger partial charge >= 0.3 is 5.97 Å². The quantitative estimate of drug-likeness (QED) is 0.740. The number of carbonyl (C=O) groups excluding carboxylic acids is 1. The summed E-state index contributed by atoms with van der Waals surface area (Å²) in [6.45, 7) is 2.34. The van der Waals surface area contributed by atoms with Crippen LogP contribution in [0, 0.1) is 11.3 Å². The normalized spacial score (nSPS) is 32.4. The molecule has 1 amide bonds. The first-order chi connectivity index (χ1) is 9.88. The lowest BCUT2D eigenvalue weighted by Crippen LogP contribution is -2.58. The van der Waals surface area contributed by atoms with Gasteiger partial charge in [0.1, 0.15) is 0 Å². The zero-order chi connectivity index (χ0) is 15.5. The third-order valence-electron chi connectivity index (χ3n) is 5.34. The van der Waals surface area contributed by atoms with E-state index in [4.69, 9.17) is 5.73 Å². The zero-order valence-corrected chi connectivity index (χ0v) is 13.0. The maximum atomic E-state index is 12.4. The highest BCUT2D eigenvalue weighted by molar-refractivity contribution is 5.87. The second-order valence-corrected chi connectivity index (χ2v) is 7.19. The van der Waals surface area contributed by atoms with Crippen LogP contribution in [-0.2, 0) is 9.59 Å². The molecule has 5 nitrogen and oxygen atoms in total. The average molecular weight is 296 g/mol. The average Bonchev–Trinajstić information content (AvgIpc) is 2.45. The number of carboxylic acid groups (broad SMARTS) is 1. The minimum absolute atomic E-state index is 0.166. The van der Waals surface area contributed by atoms with E-state index >= 15 is 0 Å². The molecule has 0 aromatic carbocycles. The smallest absolute Gasteiger partial charge is 0.311 e. The van der Waals surface area contributed by atoms with E-state index in [-0.39, 0.29) is 12.5 Å². The first kappa shape index (κ1) is 16.3. The number of rotatable bonds is 4. The lowest BCUT2D eigenvalue weighted by molar-refractivity contribution is -0.151. The predicted octanol–water partition coefficient (Wildman–Crippen LogP) is 2.05. The van der Waals surface area contributed by atoms with Gasteiger partial charge in [0.05, 0.1) is 11.0 Å². The molecule has 5 heteroatoms. The van der Waals surface area contributed by atoms with Crippen molar-refractivity contribution in [3.05, 3.63) is 0 Å². The Morgan fingerprint density at radius 1 is 1.19 bits per heavy atom. The van der Waals surface area contributed by atoms with Crippen LogP contribution in [0.2, 0.25) is 0 Å². The van der Waals surface area contributed by atoms with Crippen molar-refractivity contribution in [2.75, 3.05) is 6.54 Å². The minimum atomic E-state index is -0.813. The molecule has 2 aliphatic carbocycles. The van der Waals surface area contributed by atoms with Crippen LogP contribution >= 0.6 is 0 Å². The topological polar surface area (TPSA) is 92.4 Å². The second-order valence-electron chi connectivity index (χ2n) is 7.19. The molecule has 2 saturated carbocycles. The van der Waals surface area contributed by atoms with Crippen molar-refractivity contribution >= 4 is 11.9 Å². The lowest BCUT2D eigenvalue weighted by Gasteiger charge is -2.38. The summed E-state index contributed by atoms with van der Waals surface area (Å²) < 4.78 is 0. The fourth-order valence-electron chi connectivity index (χ4n) is 3.92. The van der Waals surface area contributed by atoms with Crippen molar-refractivity contribution in [3.8, 4) is 0 Å². The summed E-state index contributed by atoms with van der Waals surface area (Å²) in [6, 6.07) is 0. The Morgan fingerprint density at radius 3 is 2.43 bits per heavy atom. The van der Waals surface area contributed by atoms with E-state index in [2.05, 4.69) is 12.2 Å². The van der Waals surface area contributed by atoms with Crippen LogP contribution in [0.4, 0.5) is 0 Å². The van der Waals surface area contributed by atoms with Gasteiger partial charge in [-0.05, 0) is 31.6 Å². The van der Waals surface area contributed by atoms with E-state index in [0.717, 1.165) is 32.1 Å². The van der Waals surface area contributed by atoms with Crippen molar-refractivity contribution < 1.29 is 14.7 Å². The fourth-order valence-corrected chi connectivity index (χ4v) is 3.92. The van der Waals surface area contributed by atoms with Gasteiger partial charge in [-0.3, -0.25) is 9.59 Å². The molecule has 2 atom stereocenters. The largest absolute Gasteiger partial charge is 0.481 e. The Morgan fingerprint density at radius 2 is 1.86 bits per heavy atom. The molecule has 2 rings (SSSR count). The van der Waals surface area contributed by atoms with Gasteiger partial charge in [-0.1, -0.05) is 39.0 Å². The summed E-state index contributed by atoms with van der Waals surface area (Å²) in [5.41, 5.74) is 4.67. The summed E-state index contributed by atoms with van der Waals surface area (Å²) >= 11 is 0. The van der Waals surface area contributed by atoms with E-state index in [1.165, 1.54) is 0 Å². The van der Waals surface area contributed by atoms with E-state index in [9.17, 15) is 14.7 Å². The maximum absolute atomic E-state index is 12.4. The van der Waals surface area contributed by atoms with Gasteiger partial charge < -0.3 is 16.2 Å². The van der Waals surface area contributed by atoms with Crippen LogP contribution in [-0.4, -0.2) is 29.1 Å². The van der Waals surface area contributed by atoms with E-state index < -0.39 is 16.9 Å². The number of hydrogen-bond acceptors (Lipinski definition) is 3. The Bertz CT molecular complexity index is 404. The first-order valence-electron chi connectivity index (χ1n) is 8.19. The molecule has 2 unspecified atom stereocenters. The minimum Gasteiger partial charge on any atom is -0.481 e. The van der Waals surface area contributed by atoms with Gasteiger partial charge in [-0.2, -0.15) is 0 Å². The lowest BCUT2D eigenvalue weighted by atomic mass is 9.73. The molecule has 0 heterocycles. The highest BCUT2D eigenvalue weighted by Gasteiger charge is 2.42. The summed E-state index contributed by atoms with van der Waals surface area (Å²) in [4.78, 5) is 24.1. The van der Waals surface area contributed by atoms with Gasteiger partial charge in [-0.25, -0.2) is 0 Å². The number of nitrogens with one attached hydrogen (secondary N) is 1. The SMILES string of the molecule is CC1CCCC(N)(C(=O)NCC2(C(=O)O)CCCCC2)C1. The zero-order valence-electron chi connectivity index (χ0n) is 13.0. The van der Waals surface area contributed by atoms with Crippen LogP contribution in [0.15, 0.2) is 0 Å². The van der Waals surface area contributed by atoms with Crippen LogP contribution in [0.25, 0.3) is 0 Å². The summed E-state index contributed by atoms with van der Waals surface area (Å²) in [7, 11) is 0. The molecule has 4 N–H and O–H groups in total. The van der Waals surface area contributed by atoms with Crippen LogP contribution in [0.3, 0.4) is 0 Å². The molecule has 21 heavy (non-hydrogen) atoms. The van der Waals surface area contributed by atoms with Crippen molar-refractivity contribution in [3.63, 3.8) is 0 Å². The van der Waals surface area contributed by atoms with E-state index in [0.29, 0.717) is 31.6 Å². The molecular weight excluding hydrogens is 268 g/mol. The molecule has 0 saturated heterocycles. The second kappa shape index (κ2) is 6.34. The molecule has 2 aliphatic rings. The number of aliphatic carboxylic acids is 1. The third-order valence-corrected chi connectivity index (χ3v) is 5.34. The van der Waals surface area contributed by atoms with Gasteiger partial charge in [-0.15, -0.1) is 0 Å². The molecule has 0 aliphatic heterocycles. The van der Waals surface area contributed by atoms with Gasteiger partial charge in [0.15, 0.2) is 0 Å². The number of hydrogen-bond donors (Lipinski definition) is 3. The van der Waals surface area contributed by atoms with Crippen molar-refractivity contribution in [2.24, 2.45) is 17.1 Å². The summed E-state index contributed by atoms with van der Waals surface area (Å²) in [5.74, 6) is -0.497. The molecule has 0 radical (unpaired) electrons. The predicted molar refractivity (Wildman–Crippen MR) is 80.7 cm³/mol. The van der Waals surface area contributed by atoms with Crippen LogP contribution in [0.5, 0.6) is 0 Å². The van der Waals surface area contributed by atoms with Gasteiger partial charge in [0.2, 0.25) is 5.91 Å². The van der Waals surface area contributed by atoms with Crippen molar-refractivity contribution in [1.82, 2.24) is 5.32 Å². The van der Waals surface area contributed by atoms with Crippen LogP contribution in [0.1, 0.15) is 64.7 Å². The van der Waals surface area contributed by atoms with E-state index in [1.54, 1.807) is 0 Å². The van der Waals surface area contributed by atoms with Gasteiger partial charge in [0.25, 0.3) is 0 Å². The number of carbonyl (C=O) groups is 2. The number of nitrogens with two attached hydrogens (primary N) is 1. The molecule has 2 fully saturated rings. The monoisotopic (exact) mass is 296 g/mol. The van der Waals surface area contributed by atoms with Crippen molar-refractivity contribution in [1.29, 1.82) is 0 Å². The first-order valence-corrected chi connectivity index (χ1v) is 8.19. The van der Waals surface area contributed by atoms with E-state index in [1.807, 2.05) is 0 Å². The Balaban J connectivity index is 1.97. The van der Waals surface area contributed by atoms with Crippen LogP contribution < -0.4 is 11.1 Å². The van der Waals surface area contributed by atoms with Crippen molar-refractivity contribution in [2.45, 2.75) is 70.3 Å². The standard InChI is InChI=1S/C16H28N2O3/c1-12-6-5-9-16(17,10-12)13(19)18-11-15(14(20)21)7-3-2-4-8-15/h12H,2-11,17H2,1H3,(H,18,19)(H,20,21). The fraction of sp³-hybridized carbons (Fsp3) is 0.875. The maximum Gasteiger partial charge on any atom is 0.311 e. The Kier molecular flexibility index (Phi) is 4.91. The summed E-state index contributed by atoms with van der Waals surface area (Å²) in [6.07, 6.45) is 7.71. The molecule has 0 aromatic rings. The highest BCUT2D eigenvalue weighted by Crippen LogP contribution is 2.36. The molecule has 120 valence electrons. The Labute approximate surface area is 126 Å². The highest BCUT2D eigenvalue weighted by atomic mass is 16.4. The van der Waals surface area contributed by atoms with Gasteiger partial charge in [0, 0.05) is 6.54 Å². The Hall–Kier alpha value is -1.10. The molecule has 0 aromatic heterocycles. The third kappa shape index (κ3) is 3.57. The molecule has 0 bridgehead atoms.